The third kappa shape index (κ3) is 2.95. The summed E-state index contributed by atoms with van der Waals surface area (Å²) >= 11 is 0. The Morgan fingerprint density at radius 1 is 1.42 bits per heavy atom. The van der Waals surface area contributed by atoms with Crippen molar-refractivity contribution in [3.8, 4) is 0 Å². The smallest absolute Gasteiger partial charge is 0.308 e. The number of amides is 1. The van der Waals surface area contributed by atoms with E-state index in [1.54, 1.807) is 4.90 Å². The minimum Gasteiger partial charge on any atom is -0.481 e. The van der Waals surface area contributed by atoms with E-state index in [0.29, 0.717) is 18.8 Å². The molecule has 1 unspecified atom stereocenters. The molecule has 0 aromatic heterocycles. The van der Waals surface area contributed by atoms with Crippen LogP contribution in [0, 0.1) is 5.92 Å². The van der Waals surface area contributed by atoms with Crippen LogP contribution in [0.1, 0.15) is 38.2 Å². The minimum absolute atomic E-state index is 0.0124. The van der Waals surface area contributed by atoms with Gasteiger partial charge in [-0.05, 0) is 30.0 Å². The van der Waals surface area contributed by atoms with Crippen LogP contribution in [0.4, 0.5) is 5.69 Å². The first-order chi connectivity index (χ1) is 8.99. The number of carboxylic acid groups (broad SMARTS) is 1. The second-order valence-corrected chi connectivity index (χ2v) is 5.33. The number of carboxylic acids is 1. The number of carbonyl (C=O) groups excluding carboxylic acids is 1. The molecule has 1 atom stereocenters. The highest BCUT2D eigenvalue weighted by Crippen LogP contribution is 2.27. The Bertz CT molecular complexity index is 496. The summed E-state index contributed by atoms with van der Waals surface area (Å²) in [5.74, 6) is -0.883. The summed E-state index contributed by atoms with van der Waals surface area (Å²) in [6.45, 7) is 4.46. The van der Waals surface area contributed by atoms with Crippen molar-refractivity contribution in [3.05, 3.63) is 29.8 Å². The predicted octanol–water partition coefficient (Wildman–Crippen LogP) is 2.64. The van der Waals surface area contributed by atoms with Crippen LogP contribution in [0.15, 0.2) is 24.3 Å². The molecular formula is C15H19NO3. The molecule has 1 fully saturated rings. The van der Waals surface area contributed by atoms with Crippen molar-refractivity contribution in [2.24, 2.45) is 5.92 Å². The highest BCUT2D eigenvalue weighted by atomic mass is 16.4. The molecule has 0 saturated carbocycles. The van der Waals surface area contributed by atoms with Gasteiger partial charge in [0.1, 0.15) is 0 Å². The van der Waals surface area contributed by atoms with E-state index in [2.05, 4.69) is 13.8 Å². The molecule has 4 heteroatoms. The van der Waals surface area contributed by atoms with Gasteiger partial charge in [0.25, 0.3) is 0 Å². The van der Waals surface area contributed by atoms with E-state index in [9.17, 15) is 9.59 Å². The van der Waals surface area contributed by atoms with Crippen LogP contribution >= 0.6 is 0 Å². The molecule has 1 saturated heterocycles. The second kappa shape index (κ2) is 5.43. The Labute approximate surface area is 113 Å². The molecule has 19 heavy (non-hydrogen) atoms. The van der Waals surface area contributed by atoms with Crippen LogP contribution in [0.25, 0.3) is 0 Å². The highest BCUT2D eigenvalue weighted by Gasteiger charge is 2.30. The fourth-order valence-electron chi connectivity index (χ4n) is 2.35. The van der Waals surface area contributed by atoms with Gasteiger partial charge < -0.3 is 10.0 Å². The molecule has 1 aromatic rings. The molecule has 1 aliphatic heterocycles. The number of hydrogen-bond donors (Lipinski definition) is 1. The van der Waals surface area contributed by atoms with Crippen LogP contribution in [0.3, 0.4) is 0 Å². The van der Waals surface area contributed by atoms with E-state index in [1.807, 2.05) is 24.3 Å². The first kappa shape index (κ1) is 13.6. The van der Waals surface area contributed by atoms with Crippen LogP contribution < -0.4 is 4.90 Å². The van der Waals surface area contributed by atoms with Gasteiger partial charge in [0.15, 0.2) is 0 Å². The molecule has 1 amide bonds. The summed E-state index contributed by atoms with van der Waals surface area (Å²) in [4.78, 5) is 24.7. The topological polar surface area (TPSA) is 57.6 Å². The maximum atomic E-state index is 12.0. The van der Waals surface area contributed by atoms with Crippen molar-refractivity contribution in [3.63, 3.8) is 0 Å². The van der Waals surface area contributed by atoms with Gasteiger partial charge in [-0.2, -0.15) is 0 Å². The van der Waals surface area contributed by atoms with Gasteiger partial charge in [-0.3, -0.25) is 9.59 Å². The molecule has 0 spiro atoms. The monoisotopic (exact) mass is 261 g/mol. The highest BCUT2D eigenvalue weighted by molar-refractivity contribution is 5.95. The van der Waals surface area contributed by atoms with Crippen molar-refractivity contribution < 1.29 is 14.7 Å². The standard InChI is InChI=1S/C15H19NO3/c1-10(2)11-4-3-5-13(8-11)16-9-12(15(18)19)6-7-14(16)17/h3-5,8,10,12H,6-7,9H2,1-2H3,(H,18,19). The van der Waals surface area contributed by atoms with E-state index in [4.69, 9.17) is 5.11 Å². The maximum absolute atomic E-state index is 12.0. The molecule has 4 nitrogen and oxygen atoms in total. The van der Waals surface area contributed by atoms with Gasteiger partial charge in [-0.15, -0.1) is 0 Å². The fraction of sp³-hybridized carbons (Fsp3) is 0.467. The van der Waals surface area contributed by atoms with Crippen LogP contribution in [0.5, 0.6) is 0 Å². The minimum atomic E-state index is -0.822. The Hall–Kier alpha value is -1.84. The van der Waals surface area contributed by atoms with Gasteiger partial charge >= 0.3 is 5.97 Å². The molecule has 102 valence electrons. The maximum Gasteiger partial charge on any atom is 0.308 e. The van der Waals surface area contributed by atoms with E-state index in [-0.39, 0.29) is 12.5 Å². The van der Waals surface area contributed by atoms with Gasteiger partial charge in [-0.25, -0.2) is 0 Å². The Kier molecular flexibility index (Phi) is 3.88. The summed E-state index contributed by atoms with van der Waals surface area (Å²) in [6.07, 6.45) is 0.747. The zero-order valence-corrected chi connectivity index (χ0v) is 11.3. The molecule has 2 rings (SSSR count). The number of rotatable bonds is 3. The quantitative estimate of drug-likeness (QED) is 0.910. The van der Waals surface area contributed by atoms with E-state index >= 15 is 0 Å². The summed E-state index contributed by atoms with van der Waals surface area (Å²) in [6, 6.07) is 7.79. The first-order valence-corrected chi connectivity index (χ1v) is 6.62. The lowest BCUT2D eigenvalue weighted by molar-refractivity contribution is -0.142. The number of carbonyl (C=O) groups is 2. The van der Waals surface area contributed by atoms with Crippen molar-refractivity contribution in [1.29, 1.82) is 0 Å². The molecule has 1 heterocycles. The van der Waals surface area contributed by atoms with Crippen molar-refractivity contribution >= 4 is 17.6 Å². The van der Waals surface area contributed by atoms with Crippen LogP contribution in [-0.2, 0) is 9.59 Å². The Balaban J connectivity index is 2.26. The molecular weight excluding hydrogens is 242 g/mol. The molecule has 1 aromatic carbocycles. The predicted molar refractivity (Wildman–Crippen MR) is 73.2 cm³/mol. The SMILES string of the molecule is CC(C)c1cccc(N2CC(C(=O)O)CCC2=O)c1. The lowest BCUT2D eigenvalue weighted by atomic mass is 9.96. The third-order valence-corrected chi connectivity index (χ3v) is 3.61. The normalized spacial score (nSPS) is 19.8. The zero-order valence-electron chi connectivity index (χ0n) is 11.3. The second-order valence-electron chi connectivity index (χ2n) is 5.33. The van der Waals surface area contributed by atoms with Crippen molar-refractivity contribution in [1.82, 2.24) is 0 Å². The fourth-order valence-corrected chi connectivity index (χ4v) is 2.35. The van der Waals surface area contributed by atoms with E-state index in [0.717, 1.165) is 11.3 Å². The average Bonchev–Trinajstić information content (AvgIpc) is 2.39. The number of hydrogen-bond acceptors (Lipinski definition) is 2. The number of piperidine rings is 1. The average molecular weight is 261 g/mol. The van der Waals surface area contributed by atoms with Crippen LogP contribution in [0.2, 0.25) is 0 Å². The molecule has 0 radical (unpaired) electrons. The molecule has 0 bridgehead atoms. The first-order valence-electron chi connectivity index (χ1n) is 6.62. The lowest BCUT2D eigenvalue weighted by Crippen LogP contribution is -2.42. The van der Waals surface area contributed by atoms with Gasteiger partial charge in [-0.1, -0.05) is 26.0 Å². The van der Waals surface area contributed by atoms with Gasteiger partial charge in [0.05, 0.1) is 5.92 Å². The number of benzene rings is 1. The number of nitrogens with zero attached hydrogens (tertiary/aromatic N) is 1. The Morgan fingerprint density at radius 2 is 2.16 bits per heavy atom. The van der Waals surface area contributed by atoms with Crippen molar-refractivity contribution in [2.45, 2.75) is 32.6 Å². The summed E-state index contributed by atoms with van der Waals surface area (Å²) in [5.41, 5.74) is 1.96. The van der Waals surface area contributed by atoms with Gasteiger partial charge in [0, 0.05) is 18.7 Å². The molecule has 1 N–H and O–H groups in total. The third-order valence-electron chi connectivity index (χ3n) is 3.61. The lowest BCUT2D eigenvalue weighted by Gasteiger charge is -2.31. The summed E-state index contributed by atoms with van der Waals surface area (Å²) in [7, 11) is 0. The molecule has 1 aliphatic rings. The van der Waals surface area contributed by atoms with E-state index < -0.39 is 11.9 Å². The zero-order chi connectivity index (χ0) is 14.0. The van der Waals surface area contributed by atoms with Crippen molar-refractivity contribution in [2.75, 3.05) is 11.4 Å². The Morgan fingerprint density at radius 3 is 2.79 bits per heavy atom. The van der Waals surface area contributed by atoms with E-state index in [1.165, 1.54) is 0 Å². The molecule has 0 aliphatic carbocycles. The van der Waals surface area contributed by atoms with Gasteiger partial charge in [0.2, 0.25) is 5.91 Å². The van der Waals surface area contributed by atoms with Crippen LogP contribution in [-0.4, -0.2) is 23.5 Å². The summed E-state index contributed by atoms with van der Waals surface area (Å²) in [5, 5.41) is 9.09. The number of aliphatic carboxylic acids is 1. The summed E-state index contributed by atoms with van der Waals surface area (Å²) < 4.78 is 0. The number of anilines is 1. The largest absolute Gasteiger partial charge is 0.481 e.